The normalized spacial score (nSPS) is 14.5. The molecule has 2 heterocycles. The largest absolute Gasteiger partial charge is 0.375 e. The summed E-state index contributed by atoms with van der Waals surface area (Å²) in [5.74, 6) is 1.87. The maximum Gasteiger partial charge on any atom is 0.248 e. The minimum Gasteiger partial charge on any atom is -0.375 e. The van der Waals surface area contributed by atoms with Crippen LogP contribution in [0.4, 0.5) is 5.82 Å². The Hall–Kier alpha value is -2.47. The van der Waals surface area contributed by atoms with Crippen molar-refractivity contribution in [3.8, 4) is 0 Å². The highest BCUT2D eigenvalue weighted by Crippen LogP contribution is 2.26. The molecule has 27 heavy (non-hydrogen) atoms. The van der Waals surface area contributed by atoms with Gasteiger partial charge in [-0.25, -0.2) is 9.97 Å². The van der Waals surface area contributed by atoms with Gasteiger partial charge in [-0.1, -0.05) is 37.3 Å². The number of benzene rings is 1. The Balaban J connectivity index is 1.84. The van der Waals surface area contributed by atoms with Crippen molar-refractivity contribution in [2.45, 2.75) is 26.7 Å². The van der Waals surface area contributed by atoms with Crippen LogP contribution < -0.4 is 4.90 Å². The SMILES string of the molecule is CCc1nc(C)nc(N2CCN(C(=O)COC)CC2)c1Cc1ccccc1. The average molecular weight is 368 g/mol. The second-order valence-electron chi connectivity index (χ2n) is 6.84. The van der Waals surface area contributed by atoms with Crippen LogP contribution in [0.15, 0.2) is 30.3 Å². The predicted octanol–water partition coefficient (Wildman–Crippen LogP) is 2.23. The van der Waals surface area contributed by atoms with Gasteiger partial charge >= 0.3 is 0 Å². The lowest BCUT2D eigenvalue weighted by Crippen LogP contribution is -2.50. The summed E-state index contributed by atoms with van der Waals surface area (Å²) >= 11 is 0. The average Bonchev–Trinajstić information content (AvgIpc) is 2.70. The number of carbonyl (C=O) groups excluding carboxylic acids is 1. The molecular weight excluding hydrogens is 340 g/mol. The van der Waals surface area contributed by atoms with Crippen LogP contribution in [0.25, 0.3) is 0 Å². The molecule has 1 amide bonds. The minimum absolute atomic E-state index is 0.0507. The van der Waals surface area contributed by atoms with Crippen molar-refractivity contribution >= 4 is 11.7 Å². The van der Waals surface area contributed by atoms with Crippen molar-refractivity contribution in [1.82, 2.24) is 14.9 Å². The molecule has 0 aliphatic carbocycles. The monoisotopic (exact) mass is 368 g/mol. The molecule has 0 atom stereocenters. The van der Waals surface area contributed by atoms with Crippen LogP contribution in [-0.2, 0) is 22.4 Å². The van der Waals surface area contributed by atoms with E-state index in [1.165, 1.54) is 11.1 Å². The number of hydrogen-bond acceptors (Lipinski definition) is 5. The Kier molecular flexibility index (Phi) is 6.40. The van der Waals surface area contributed by atoms with E-state index in [0.717, 1.165) is 43.3 Å². The lowest BCUT2D eigenvalue weighted by Gasteiger charge is -2.36. The van der Waals surface area contributed by atoms with Crippen molar-refractivity contribution in [3.05, 3.63) is 53.0 Å². The molecule has 0 spiro atoms. The number of carbonyl (C=O) groups is 1. The van der Waals surface area contributed by atoms with Gasteiger partial charge in [0.05, 0.1) is 0 Å². The molecule has 3 rings (SSSR count). The van der Waals surface area contributed by atoms with E-state index >= 15 is 0 Å². The molecule has 1 fully saturated rings. The van der Waals surface area contributed by atoms with Gasteiger partial charge in [-0.15, -0.1) is 0 Å². The Labute approximate surface area is 161 Å². The standard InChI is InChI=1S/C21H28N4O2/c1-4-19-18(14-17-8-6-5-7-9-17)21(23-16(2)22-19)25-12-10-24(11-13-25)20(26)15-27-3/h5-9H,4,10-15H2,1-3H3. The van der Waals surface area contributed by atoms with Crippen molar-refractivity contribution in [2.75, 3.05) is 44.8 Å². The predicted molar refractivity (Wildman–Crippen MR) is 106 cm³/mol. The summed E-state index contributed by atoms with van der Waals surface area (Å²) in [5, 5.41) is 0. The van der Waals surface area contributed by atoms with Gasteiger partial charge in [0.25, 0.3) is 0 Å². The van der Waals surface area contributed by atoms with Gasteiger partial charge in [0.2, 0.25) is 5.91 Å². The summed E-state index contributed by atoms with van der Waals surface area (Å²) in [7, 11) is 1.56. The number of nitrogens with zero attached hydrogens (tertiary/aromatic N) is 4. The molecule has 0 saturated carbocycles. The molecule has 0 unspecified atom stereocenters. The first-order valence-electron chi connectivity index (χ1n) is 9.54. The molecule has 2 aromatic rings. The third kappa shape index (κ3) is 4.63. The molecule has 0 radical (unpaired) electrons. The molecule has 1 aromatic carbocycles. The summed E-state index contributed by atoms with van der Waals surface area (Å²) in [5.41, 5.74) is 3.57. The quantitative estimate of drug-likeness (QED) is 0.783. The number of amides is 1. The number of methoxy groups -OCH3 is 1. The molecule has 6 nitrogen and oxygen atoms in total. The van der Waals surface area contributed by atoms with Gasteiger partial charge in [0.15, 0.2) is 0 Å². The lowest BCUT2D eigenvalue weighted by molar-refractivity contribution is -0.135. The van der Waals surface area contributed by atoms with Crippen molar-refractivity contribution < 1.29 is 9.53 Å². The van der Waals surface area contributed by atoms with Crippen LogP contribution in [0.5, 0.6) is 0 Å². The maximum atomic E-state index is 12.1. The molecule has 1 aromatic heterocycles. The second kappa shape index (κ2) is 8.95. The first kappa shape index (κ1) is 19.3. The summed E-state index contributed by atoms with van der Waals surface area (Å²) in [6, 6.07) is 10.5. The zero-order valence-electron chi connectivity index (χ0n) is 16.4. The van der Waals surface area contributed by atoms with Gasteiger partial charge in [-0.3, -0.25) is 4.79 Å². The van der Waals surface area contributed by atoms with Gasteiger partial charge in [-0.2, -0.15) is 0 Å². The first-order valence-corrected chi connectivity index (χ1v) is 9.54. The minimum atomic E-state index is 0.0507. The number of aryl methyl sites for hydroxylation is 2. The molecule has 0 bridgehead atoms. The molecule has 1 aliphatic rings. The van der Waals surface area contributed by atoms with Crippen molar-refractivity contribution in [3.63, 3.8) is 0 Å². The van der Waals surface area contributed by atoms with Crippen LogP contribution >= 0.6 is 0 Å². The van der Waals surface area contributed by atoms with E-state index in [2.05, 4.69) is 36.1 Å². The van der Waals surface area contributed by atoms with Gasteiger partial charge in [-0.05, 0) is 18.9 Å². The Morgan fingerprint density at radius 1 is 1.11 bits per heavy atom. The highest BCUT2D eigenvalue weighted by molar-refractivity contribution is 5.77. The van der Waals surface area contributed by atoms with Crippen LogP contribution in [0.3, 0.4) is 0 Å². The molecule has 1 saturated heterocycles. The van der Waals surface area contributed by atoms with Crippen molar-refractivity contribution in [2.24, 2.45) is 0 Å². The molecule has 0 N–H and O–H groups in total. The highest BCUT2D eigenvalue weighted by atomic mass is 16.5. The summed E-state index contributed by atoms with van der Waals surface area (Å²) < 4.78 is 4.97. The molecule has 6 heteroatoms. The highest BCUT2D eigenvalue weighted by Gasteiger charge is 2.25. The van der Waals surface area contributed by atoms with E-state index in [-0.39, 0.29) is 12.5 Å². The zero-order chi connectivity index (χ0) is 19.2. The smallest absolute Gasteiger partial charge is 0.248 e. The van der Waals surface area contributed by atoms with Crippen LogP contribution in [-0.4, -0.2) is 60.7 Å². The summed E-state index contributed by atoms with van der Waals surface area (Å²) in [4.78, 5) is 25.7. The van der Waals surface area contributed by atoms with E-state index in [4.69, 9.17) is 14.7 Å². The van der Waals surface area contributed by atoms with E-state index in [1.54, 1.807) is 7.11 Å². The fourth-order valence-electron chi connectivity index (χ4n) is 3.56. The van der Waals surface area contributed by atoms with Crippen molar-refractivity contribution in [1.29, 1.82) is 0 Å². The number of piperazine rings is 1. The van der Waals surface area contributed by atoms with E-state index in [0.29, 0.717) is 13.1 Å². The first-order chi connectivity index (χ1) is 13.1. The Morgan fingerprint density at radius 2 is 1.81 bits per heavy atom. The second-order valence-corrected chi connectivity index (χ2v) is 6.84. The van der Waals surface area contributed by atoms with Crippen LogP contribution in [0.1, 0.15) is 29.6 Å². The number of anilines is 1. The zero-order valence-corrected chi connectivity index (χ0v) is 16.4. The van der Waals surface area contributed by atoms with E-state index in [1.807, 2.05) is 17.9 Å². The topological polar surface area (TPSA) is 58.6 Å². The van der Waals surface area contributed by atoms with Crippen LogP contribution in [0, 0.1) is 6.92 Å². The lowest BCUT2D eigenvalue weighted by atomic mass is 10.0. The number of ether oxygens (including phenoxy) is 1. The third-order valence-corrected chi connectivity index (χ3v) is 4.94. The van der Waals surface area contributed by atoms with E-state index in [9.17, 15) is 4.79 Å². The fourth-order valence-corrected chi connectivity index (χ4v) is 3.56. The number of hydrogen-bond donors (Lipinski definition) is 0. The number of rotatable bonds is 6. The summed E-state index contributed by atoms with van der Waals surface area (Å²) in [6.45, 7) is 7.17. The fraction of sp³-hybridized carbons (Fsp3) is 0.476. The summed E-state index contributed by atoms with van der Waals surface area (Å²) in [6.07, 6.45) is 1.70. The van der Waals surface area contributed by atoms with Gasteiger partial charge in [0.1, 0.15) is 18.2 Å². The van der Waals surface area contributed by atoms with E-state index < -0.39 is 0 Å². The maximum absolute atomic E-state index is 12.1. The number of aromatic nitrogens is 2. The third-order valence-electron chi connectivity index (χ3n) is 4.94. The molecule has 144 valence electrons. The van der Waals surface area contributed by atoms with Crippen LogP contribution in [0.2, 0.25) is 0 Å². The Bertz CT molecular complexity index is 771. The molecular formula is C21H28N4O2. The molecule has 1 aliphatic heterocycles. The van der Waals surface area contributed by atoms with Gasteiger partial charge < -0.3 is 14.5 Å². The Morgan fingerprint density at radius 3 is 2.44 bits per heavy atom. The van der Waals surface area contributed by atoms with Gasteiger partial charge in [0, 0.05) is 51.0 Å².